The standard InChI is InChI=1S/C16H12Cl2N4/c17-12-7-4-8-13(18)16(12)22-15-9-14(19-10-20-15)21-11-5-2-1-3-6-11/h1-10H,(H2,19,20,21,22). The summed E-state index contributed by atoms with van der Waals surface area (Å²) in [6.45, 7) is 0. The molecular weight excluding hydrogens is 319 g/mol. The largest absolute Gasteiger partial charge is 0.340 e. The van der Waals surface area contributed by atoms with E-state index >= 15 is 0 Å². The summed E-state index contributed by atoms with van der Waals surface area (Å²) < 4.78 is 0. The lowest BCUT2D eigenvalue weighted by Crippen LogP contribution is -1.99. The topological polar surface area (TPSA) is 49.8 Å². The number of hydrogen-bond acceptors (Lipinski definition) is 4. The van der Waals surface area contributed by atoms with Gasteiger partial charge in [-0.05, 0) is 24.3 Å². The molecule has 0 fully saturated rings. The smallest absolute Gasteiger partial charge is 0.135 e. The summed E-state index contributed by atoms with van der Waals surface area (Å²) in [6, 6.07) is 16.9. The molecule has 110 valence electrons. The number of anilines is 4. The van der Waals surface area contributed by atoms with E-state index in [0.29, 0.717) is 27.4 Å². The van der Waals surface area contributed by atoms with Gasteiger partial charge in [-0.15, -0.1) is 0 Å². The Balaban J connectivity index is 1.82. The minimum absolute atomic E-state index is 0.531. The van der Waals surface area contributed by atoms with E-state index in [2.05, 4.69) is 20.6 Å². The summed E-state index contributed by atoms with van der Waals surface area (Å²) in [4.78, 5) is 8.37. The SMILES string of the molecule is Clc1cccc(Cl)c1Nc1cc(Nc2ccccc2)ncn1. The van der Waals surface area contributed by atoms with Crippen molar-refractivity contribution in [2.45, 2.75) is 0 Å². The van der Waals surface area contributed by atoms with Crippen LogP contribution in [0.5, 0.6) is 0 Å². The van der Waals surface area contributed by atoms with E-state index in [1.807, 2.05) is 30.3 Å². The second kappa shape index (κ2) is 6.64. The Labute approximate surface area is 138 Å². The van der Waals surface area contributed by atoms with Crippen molar-refractivity contribution in [1.82, 2.24) is 9.97 Å². The number of rotatable bonds is 4. The number of halogens is 2. The maximum absolute atomic E-state index is 6.14. The van der Waals surface area contributed by atoms with Gasteiger partial charge in [0, 0.05) is 11.8 Å². The zero-order valence-electron chi connectivity index (χ0n) is 11.4. The molecule has 3 rings (SSSR count). The van der Waals surface area contributed by atoms with Gasteiger partial charge < -0.3 is 10.6 Å². The minimum atomic E-state index is 0.531. The van der Waals surface area contributed by atoms with Gasteiger partial charge in [0.05, 0.1) is 15.7 Å². The Bertz CT molecular complexity index is 758. The highest BCUT2D eigenvalue weighted by atomic mass is 35.5. The van der Waals surface area contributed by atoms with Crippen LogP contribution in [-0.2, 0) is 0 Å². The predicted molar refractivity (Wildman–Crippen MR) is 91.5 cm³/mol. The fraction of sp³-hybridized carbons (Fsp3) is 0. The van der Waals surface area contributed by atoms with Gasteiger partial charge in [0.25, 0.3) is 0 Å². The summed E-state index contributed by atoms with van der Waals surface area (Å²) >= 11 is 12.3. The molecule has 1 heterocycles. The Hall–Kier alpha value is -2.30. The zero-order valence-corrected chi connectivity index (χ0v) is 12.9. The van der Waals surface area contributed by atoms with Gasteiger partial charge >= 0.3 is 0 Å². The summed E-state index contributed by atoms with van der Waals surface area (Å²) in [6.07, 6.45) is 1.47. The lowest BCUT2D eigenvalue weighted by molar-refractivity contribution is 1.17. The van der Waals surface area contributed by atoms with Crippen LogP contribution in [0.15, 0.2) is 60.9 Å². The molecule has 3 aromatic rings. The predicted octanol–water partition coefficient (Wildman–Crippen LogP) is 5.27. The first-order chi connectivity index (χ1) is 10.7. The second-order valence-corrected chi connectivity index (χ2v) is 5.32. The molecular formula is C16H12Cl2N4. The fourth-order valence-corrected chi connectivity index (χ4v) is 2.40. The van der Waals surface area contributed by atoms with Crippen LogP contribution in [0, 0.1) is 0 Å². The van der Waals surface area contributed by atoms with Crippen molar-refractivity contribution in [3.63, 3.8) is 0 Å². The molecule has 0 aliphatic carbocycles. The van der Waals surface area contributed by atoms with Gasteiger partial charge in [0.15, 0.2) is 0 Å². The zero-order chi connectivity index (χ0) is 15.4. The van der Waals surface area contributed by atoms with E-state index < -0.39 is 0 Å². The molecule has 6 heteroatoms. The average molecular weight is 331 g/mol. The molecule has 0 unspecified atom stereocenters. The third kappa shape index (κ3) is 3.47. The highest BCUT2D eigenvalue weighted by molar-refractivity contribution is 6.39. The molecule has 1 aromatic heterocycles. The van der Waals surface area contributed by atoms with Gasteiger partial charge in [0.2, 0.25) is 0 Å². The Morgan fingerprint density at radius 3 is 2.05 bits per heavy atom. The monoisotopic (exact) mass is 330 g/mol. The number of para-hydroxylation sites is 2. The minimum Gasteiger partial charge on any atom is -0.340 e. The summed E-state index contributed by atoms with van der Waals surface area (Å²) in [5.74, 6) is 1.27. The van der Waals surface area contributed by atoms with Crippen molar-refractivity contribution >= 4 is 46.2 Å². The molecule has 2 N–H and O–H groups in total. The van der Waals surface area contributed by atoms with Crippen molar-refractivity contribution in [1.29, 1.82) is 0 Å². The molecule has 0 saturated heterocycles. The normalized spacial score (nSPS) is 10.3. The Morgan fingerprint density at radius 2 is 1.36 bits per heavy atom. The molecule has 0 aliphatic heterocycles. The summed E-state index contributed by atoms with van der Waals surface area (Å²) in [5, 5.41) is 7.38. The van der Waals surface area contributed by atoms with Crippen LogP contribution in [0.3, 0.4) is 0 Å². The van der Waals surface area contributed by atoms with Gasteiger partial charge in [-0.3, -0.25) is 0 Å². The molecule has 0 aliphatic rings. The second-order valence-electron chi connectivity index (χ2n) is 4.50. The first-order valence-corrected chi connectivity index (χ1v) is 7.33. The van der Waals surface area contributed by atoms with Crippen LogP contribution in [0.4, 0.5) is 23.0 Å². The van der Waals surface area contributed by atoms with Crippen LogP contribution in [-0.4, -0.2) is 9.97 Å². The first-order valence-electron chi connectivity index (χ1n) is 6.57. The number of nitrogens with zero attached hydrogens (tertiary/aromatic N) is 2. The number of benzene rings is 2. The van der Waals surface area contributed by atoms with Crippen molar-refractivity contribution in [2.75, 3.05) is 10.6 Å². The highest BCUT2D eigenvalue weighted by Gasteiger charge is 2.07. The summed E-state index contributed by atoms with van der Waals surface area (Å²) in [5.41, 5.74) is 1.57. The molecule has 2 aromatic carbocycles. The van der Waals surface area contributed by atoms with Gasteiger partial charge in [-0.2, -0.15) is 0 Å². The van der Waals surface area contributed by atoms with Crippen LogP contribution in [0.2, 0.25) is 10.0 Å². The van der Waals surface area contributed by atoms with E-state index in [4.69, 9.17) is 23.2 Å². The number of aromatic nitrogens is 2. The third-order valence-electron chi connectivity index (χ3n) is 2.93. The fourth-order valence-electron chi connectivity index (χ4n) is 1.91. The van der Waals surface area contributed by atoms with Gasteiger partial charge in [0.1, 0.15) is 18.0 Å². The maximum Gasteiger partial charge on any atom is 0.135 e. The van der Waals surface area contributed by atoms with Gasteiger partial charge in [-0.1, -0.05) is 47.5 Å². The van der Waals surface area contributed by atoms with E-state index in [1.165, 1.54) is 6.33 Å². The molecule has 0 amide bonds. The molecule has 4 nitrogen and oxygen atoms in total. The van der Waals surface area contributed by atoms with E-state index in [1.54, 1.807) is 24.3 Å². The number of hydrogen-bond donors (Lipinski definition) is 2. The van der Waals surface area contributed by atoms with Crippen molar-refractivity contribution in [3.05, 3.63) is 71.0 Å². The molecule has 0 saturated carbocycles. The van der Waals surface area contributed by atoms with Crippen LogP contribution < -0.4 is 10.6 Å². The Kier molecular flexibility index (Phi) is 4.42. The Morgan fingerprint density at radius 1 is 0.727 bits per heavy atom. The third-order valence-corrected chi connectivity index (χ3v) is 3.56. The average Bonchev–Trinajstić information content (AvgIpc) is 2.53. The lowest BCUT2D eigenvalue weighted by Gasteiger charge is -2.11. The van der Waals surface area contributed by atoms with Crippen LogP contribution in [0.1, 0.15) is 0 Å². The van der Waals surface area contributed by atoms with Crippen molar-refractivity contribution in [2.24, 2.45) is 0 Å². The molecule has 22 heavy (non-hydrogen) atoms. The highest BCUT2D eigenvalue weighted by Crippen LogP contribution is 2.32. The quantitative estimate of drug-likeness (QED) is 0.684. The van der Waals surface area contributed by atoms with Crippen LogP contribution in [0.25, 0.3) is 0 Å². The van der Waals surface area contributed by atoms with Crippen molar-refractivity contribution in [3.8, 4) is 0 Å². The van der Waals surface area contributed by atoms with Gasteiger partial charge in [-0.25, -0.2) is 9.97 Å². The first kappa shape index (κ1) is 14.6. The molecule has 0 radical (unpaired) electrons. The lowest BCUT2D eigenvalue weighted by atomic mass is 10.3. The van der Waals surface area contributed by atoms with E-state index in [9.17, 15) is 0 Å². The van der Waals surface area contributed by atoms with E-state index in [-0.39, 0.29) is 0 Å². The molecule has 0 atom stereocenters. The number of nitrogens with one attached hydrogen (secondary N) is 2. The van der Waals surface area contributed by atoms with E-state index in [0.717, 1.165) is 5.69 Å². The van der Waals surface area contributed by atoms with Crippen LogP contribution >= 0.6 is 23.2 Å². The molecule has 0 bridgehead atoms. The molecule has 0 spiro atoms. The maximum atomic E-state index is 6.14. The summed E-state index contributed by atoms with van der Waals surface area (Å²) in [7, 11) is 0. The van der Waals surface area contributed by atoms with Crippen molar-refractivity contribution < 1.29 is 0 Å².